The van der Waals surface area contributed by atoms with Gasteiger partial charge in [-0.2, -0.15) is 0 Å². The van der Waals surface area contributed by atoms with Crippen molar-refractivity contribution in [3.63, 3.8) is 0 Å². The van der Waals surface area contributed by atoms with Crippen molar-refractivity contribution >= 4 is 0 Å². The summed E-state index contributed by atoms with van der Waals surface area (Å²) >= 11 is 0. The van der Waals surface area contributed by atoms with Gasteiger partial charge >= 0.3 is 5.69 Å². The Kier molecular flexibility index (Phi) is 3.45. The van der Waals surface area contributed by atoms with Gasteiger partial charge in [0.15, 0.2) is 0 Å². The second-order valence-corrected chi connectivity index (χ2v) is 3.07. The van der Waals surface area contributed by atoms with Crippen LogP contribution in [0.3, 0.4) is 0 Å². The number of allylic oxidation sites excluding steroid dienone is 1. The Morgan fingerprint density at radius 1 is 1.57 bits per heavy atom. The summed E-state index contributed by atoms with van der Waals surface area (Å²) in [4.78, 5) is 25.4. The van der Waals surface area contributed by atoms with Crippen LogP contribution in [0.15, 0.2) is 28.4 Å². The van der Waals surface area contributed by atoms with E-state index in [4.69, 9.17) is 0 Å². The molecule has 0 spiro atoms. The SMILES string of the molecule is C=CCn1c(=O)[nH]cc(CCC)c1=O. The minimum atomic E-state index is -0.380. The highest BCUT2D eigenvalue weighted by atomic mass is 16.2. The Morgan fingerprint density at radius 3 is 2.86 bits per heavy atom. The van der Waals surface area contributed by atoms with Crippen LogP contribution in [-0.2, 0) is 13.0 Å². The molecule has 4 heteroatoms. The molecule has 1 aromatic rings. The summed E-state index contributed by atoms with van der Waals surface area (Å²) < 4.78 is 1.15. The van der Waals surface area contributed by atoms with E-state index in [-0.39, 0.29) is 17.8 Å². The van der Waals surface area contributed by atoms with Gasteiger partial charge < -0.3 is 4.98 Å². The average Bonchev–Trinajstić information content (AvgIpc) is 2.17. The van der Waals surface area contributed by atoms with E-state index in [1.165, 1.54) is 12.3 Å². The Bertz CT molecular complexity index is 428. The quantitative estimate of drug-likeness (QED) is 0.716. The van der Waals surface area contributed by atoms with Gasteiger partial charge in [-0.25, -0.2) is 4.79 Å². The molecule has 1 rings (SSSR count). The Balaban J connectivity index is 3.26. The number of aromatic amines is 1. The van der Waals surface area contributed by atoms with Crippen molar-refractivity contribution in [3.05, 3.63) is 45.3 Å². The van der Waals surface area contributed by atoms with Crippen molar-refractivity contribution in [2.75, 3.05) is 0 Å². The Hall–Kier alpha value is -1.58. The lowest BCUT2D eigenvalue weighted by Gasteiger charge is -2.02. The molecule has 1 aromatic heterocycles. The molecular formula is C10H14N2O2. The van der Waals surface area contributed by atoms with E-state index in [0.717, 1.165) is 11.0 Å². The first kappa shape index (κ1) is 10.5. The zero-order valence-electron chi connectivity index (χ0n) is 8.25. The molecule has 0 atom stereocenters. The number of nitrogens with zero attached hydrogens (tertiary/aromatic N) is 1. The Labute approximate surface area is 81.9 Å². The van der Waals surface area contributed by atoms with Crippen LogP contribution in [0.2, 0.25) is 0 Å². The first-order valence-electron chi connectivity index (χ1n) is 4.63. The summed E-state index contributed by atoms with van der Waals surface area (Å²) in [5, 5.41) is 0. The highest BCUT2D eigenvalue weighted by Crippen LogP contribution is 1.91. The van der Waals surface area contributed by atoms with E-state index in [1.807, 2.05) is 6.92 Å². The third-order valence-electron chi connectivity index (χ3n) is 1.97. The van der Waals surface area contributed by atoms with Gasteiger partial charge in [-0.1, -0.05) is 19.4 Å². The van der Waals surface area contributed by atoms with Gasteiger partial charge in [0.1, 0.15) is 0 Å². The summed E-state index contributed by atoms with van der Waals surface area (Å²) in [7, 11) is 0. The molecule has 0 bridgehead atoms. The lowest BCUT2D eigenvalue weighted by atomic mass is 10.2. The molecule has 0 unspecified atom stereocenters. The molecule has 76 valence electrons. The number of nitrogens with one attached hydrogen (secondary N) is 1. The zero-order valence-corrected chi connectivity index (χ0v) is 8.25. The van der Waals surface area contributed by atoms with E-state index in [0.29, 0.717) is 12.0 Å². The maximum atomic E-state index is 11.7. The van der Waals surface area contributed by atoms with Gasteiger partial charge in [0, 0.05) is 18.3 Å². The van der Waals surface area contributed by atoms with Crippen LogP contribution in [0.1, 0.15) is 18.9 Å². The second-order valence-electron chi connectivity index (χ2n) is 3.07. The van der Waals surface area contributed by atoms with Crippen molar-refractivity contribution in [2.45, 2.75) is 26.3 Å². The number of rotatable bonds is 4. The fraction of sp³-hybridized carbons (Fsp3) is 0.400. The molecule has 0 aromatic carbocycles. The fourth-order valence-electron chi connectivity index (χ4n) is 1.30. The van der Waals surface area contributed by atoms with Crippen LogP contribution < -0.4 is 11.2 Å². The highest BCUT2D eigenvalue weighted by Gasteiger charge is 2.04. The van der Waals surface area contributed by atoms with Crippen molar-refractivity contribution in [3.8, 4) is 0 Å². The van der Waals surface area contributed by atoms with Crippen molar-refractivity contribution < 1.29 is 0 Å². The molecule has 0 fully saturated rings. The van der Waals surface area contributed by atoms with Gasteiger partial charge in [0.25, 0.3) is 5.56 Å². The largest absolute Gasteiger partial charge is 0.328 e. The second kappa shape index (κ2) is 4.60. The fourth-order valence-corrected chi connectivity index (χ4v) is 1.30. The summed E-state index contributed by atoms with van der Waals surface area (Å²) in [6.45, 7) is 5.75. The Morgan fingerprint density at radius 2 is 2.29 bits per heavy atom. The maximum absolute atomic E-state index is 11.7. The molecule has 0 aliphatic rings. The minimum Gasteiger partial charge on any atom is -0.314 e. The number of aromatic nitrogens is 2. The predicted molar refractivity (Wildman–Crippen MR) is 55.5 cm³/mol. The lowest BCUT2D eigenvalue weighted by Crippen LogP contribution is -2.36. The standard InChI is InChI=1S/C10H14N2O2/c1-3-5-8-7-11-10(14)12(6-4-2)9(8)13/h4,7H,2-3,5-6H2,1H3,(H,11,14). The lowest BCUT2D eigenvalue weighted by molar-refractivity contribution is 0.693. The van der Waals surface area contributed by atoms with E-state index >= 15 is 0 Å². The summed E-state index contributed by atoms with van der Waals surface area (Å²) in [6, 6.07) is 0. The number of aryl methyl sites for hydroxylation is 1. The molecule has 0 aliphatic heterocycles. The van der Waals surface area contributed by atoms with Crippen LogP contribution in [0, 0.1) is 0 Å². The molecule has 0 saturated heterocycles. The van der Waals surface area contributed by atoms with Crippen molar-refractivity contribution in [1.82, 2.24) is 9.55 Å². The van der Waals surface area contributed by atoms with Crippen LogP contribution in [0.5, 0.6) is 0 Å². The normalized spacial score (nSPS) is 10.1. The van der Waals surface area contributed by atoms with Gasteiger partial charge in [0.2, 0.25) is 0 Å². The number of hydrogen-bond acceptors (Lipinski definition) is 2. The number of hydrogen-bond donors (Lipinski definition) is 1. The van der Waals surface area contributed by atoms with Gasteiger partial charge in [-0.15, -0.1) is 6.58 Å². The third kappa shape index (κ3) is 2.02. The van der Waals surface area contributed by atoms with E-state index < -0.39 is 0 Å². The summed E-state index contributed by atoms with van der Waals surface area (Å²) in [5.41, 5.74) is 0.0548. The molecule has 1 heterocycles. The monoisotopic (exact) mass is 194 g/mol. The predicted octanol–water partition coefficient (Wildman–Crippen LogP) is 0.675. The molecule has 14 heavy (non-hydrogen) atoms. The van der Waals surface area contributed by atoms with Crippen LogP contribution in [0.25, 0.3) is 0 Å². The molecule has 0 aliphatic carbocycles. The minimum absolute atomic E-state index is 0.212. The van der Waals surface area contributed by atoms with E-state index in [1.54, 1.807) is 0 Å². The number of H-pyrrole nitrogens is 1. The van der Waals surface area contributed by atoms with Gasteiger partial charge in [-0.05, 0) is 6.42 Å². The molecule has 0 radical (unpaired) electrons. The van der Waals surface area contributed by atoms with Crippen molar-refractivity contribution in [2.24, 2.45) is 0 Å². The topological polar surface area (TPSA) is 54.9 Å². The molecule has 0 amide bonds. The van der Waals surface area contributed by atoms with E-state index in [2.05, 4.69) is 11.6 Å². The first-order valence-corrected chi connectivity index (χ1v) is 4.63. The smallest absolute Gasteiger partial charge is 0.314 e. The van der Waals surface area contributed by atoms with E-state index in [9.17, 15) is 9.59 Å². The van der Waals surface area contributed by atoms with Crippen LogP contribution in [-0.4, -0.2) is 9.55 Å². The molecular weight excluding hydrogens is 180 g/mol. The molecule has 1 N–H and O–H groups in total. The van der Waals surface area contributed by atoms with Gasteiger partial charge in [-0.3, -0.25) is 9.36 Å². The van der Waals surface area contributed by atoms with Crippen LogP contribution in [0.4, 0.5) is 0 Å². The van der Waals surface area contributed by atoms with Crippen LogP contribution >= 0.6 is 0 Å². The maximum Gasteiger partial charge on any atom is 0.328 e. The van der Waals surface area contributed by atoms with Crippen molar-refractivity contribution in [1.29, 1.82) is 0 Å². The first-order chi connectivity index (χ1) is 6.70. The molecule has 4 nitrogen and oxygen atoms in total. The summed E-state index contributed by atoms with van der Waals surface area (Å²) in [6.07, 6.45) is 4.60. The average molecular weight is 194 g/mol. The summed E-state index contributed by atoms with van der Waals surface area (Å²) in [5.74, 6) is 0. The third-order valence-corrected chi connectivity index (χ3v) is 1.97. The molecule has 0 saturated carbocycles. The highest BCUT2D eigenvalue weighted by molar-refractivity contribution is 5.04. The van der Waals surface area contributed by atoms with Gasteiger partial charge in [0.05, 0.1) is 0 Å². The zero-order chi connectivity index (χ0) is 10.6.